The van der Waals surface area contributed by atoms with Crippen LogP contribution in [-0.4, -0.2) is 29.3 Å². The van der Waals surface area contributed by atoms with E-state index in [2.05, 4.69) is 51.7 Å². The van der Waals surface area contributed by atoms with Gasteiger partial charge in [-0.2, -0.15) is 0 Å². The van der Waals surface area contributed by atoms with Crippen LogP contribution in [0, 0.1) is 6.92 Å². The van der Waals surface area contributed by atoms with E-state index in [4.69, 9.17) is 5.73 Å². The minimum absolute atomic E-state index is 0.628. The van der Waals surface area contributed by atoms with Crippen LogP contribution in [0.4, 0.5) is 5.69 Å². The molecule has 0 heterocycles. The van der Waals surface area contributed by atoms with Crippen LogP contribution in [0.1, 0.15) is 39.7 Å². The Morgan fingerprint density at radius 1 is 1.16 bits per heavy atom. The first-order valence-electron chi connectivity index (χ1n) is 7.16. The Morgan fingerprint density at radius 3 is 2.32 bits per heavy atom. The molecule has 3 heteroatoms. The molecule has 0 bridgehead atoms. The van der Waals surface area contributed by atoms with E-state index in [0.29, 0.717) is 12.1 Å². The van der Waals surface area contributed by atoms with Gasteiger partial charge in [-0.1, -0.05) is 0 Å². The molecule has 0 aromatic heterocycles. The molecule has 19 heavy (non-hydrogen) atoms. The molecule has 0 aliphatic carbocycles. The van der Waals surface area contributed by atoms with Crippen molar-refractivity contribution in [1.82, 2.24) is 4.90 Å². The van der Waals surface area contributed by atoms with E-state index in [1.807, 2.05) is 17.8 Å². The lowest BCUT2D eigenvalue weighted by molar-refractivity contribution is 0.176. The van der Waals surface area contributed by atoms with Gasteiger partial charge in [0.15, 0.2) is 0 Å². The van der Waals surface area contributed by atoms with Crippen LogP contribution in [0.5, 0.6) is 0 Å². The highest BCUT2D eigenvalue weighted by Crippen LogP contribution is 2.23. The maximum atomic E-state index is 5.83. The summed E-state index contributed by atoms with van der Waals surface area (Å²) in [6, 6.07) is 7.57. The maximum absolute atomic E-state index is 5.83. The molecule has 0 amide bonds. The first kappa shape index (κ1) is 16.4. The van der Waals surface area contributed by atoms with E-state index >= 15 is 0 Å². The number of anilines is 1. The molecule has 0 fully saturated rings. The molecule has 0 saturated heterocycles. The Balaban J connectivity index is 2.36. The summed E-state index contributed by atoms with van der Waals surface area (Å²) in [6.07, 6.45) is 1.23. The number of nitrogen functional groups attached to an aromatic ring is 1. The van der Waals surface area contributed by atoms with Gasteiger partial charge < -0.3 is 5.73 Å². The van der Waals surface area contributed by atoms with E-state index in [1.165, 1.54) is 29.2 Å². The molecule has 0 saturated carbocycles. The Morgan fingerprint density at radius 2 is 1.79 bits per heavy atom. The summed E-state index contributed by atoms with van der Waals surface area (Å²) in [5.74, 6) is 1.17. The number of hydrogen-bond acceptors (Lipinski definition) is 3. The quantitative estimate of drug-likeness (QED) is 0.461. The van der Waals surface area contributed by atoms with Gasteiger partial charge in [0.05, 0.1) is 0 Å². The monoisotopic (exact) mass is 280 g/mol. The fourth-order valence-corrected chi connectivity index (χ4v) is 3.22. The number of nitrogens with zero attached hydrogens (tertiary/aromatic N) is 1. The van der Waals surface area contributed by atoms with Crippen LogP contribution >= 0.6 is 11.8 Å². The van der Waals surface area contributed by atoms with E-state index in [9.17, 15) is 0 Å². The molecular weight excluding hydrogens is 252 g/mol. The summed E-state index contributed by atoms with van der Waals surface area (Å²) in [6.45, 7) is 12.3. The summed E-state index contributed by atoms with van der Waals surface area (Å²) >= 11 is 1.93. The van der Waals surface area contributed by atoms with Gasteiger partial charge in [0.2, 0.25) is 0 Å². The van der Waals surface area contributed by atoms with Crippen molar-refractivity contribution in [2.24, 2.45) is 0 Å². The predicted molar refractivity (Wildman–Crippen MR) is 87.9 cm³/mol. The van der Waals surface area contributed by atoms with Crippen molar-refractivity contribution in [3.8, 4) is 0 Å². The van der Waals surface area contributed by atoms with Gasteiger partial charge in [-0.25, -0.2) is 0 Å². The van der Waals surface area contributed by atoms with Crippen molar-refractivity contribution in [3.63, 3.8) is 0 Å². The smallest absolute Gasteiger partial charge is 0.0344 e. The molecule has 0 atom stereocenters. The number of aryl methyl sites for hydroxylation is 1. The molecule has 1 aromatic rings. The third kappa shape index (κ3) is 5.45. The fourth-order valence-electron chi connectivity index (χ4n) is 2.29. The first-order valence-corrected chi connectivity index (χ1v) is 8.15. The van der Waals surface area contributed by atoms with Crippen LogP contribution in [0.25, 0.3) is 0 Å². The van der Waals surface area contributed by atoms with Gasteiger partial charge >= 0.3 is 0 Å². The predicted octanol–water partition coefficient (Wildman–Crippen LogP) is 4.18. The van der Waals surface area contributed by atoms with E-state index in [0.717, 1.165) is 5.69 Å². The first-order chi connectivity index (χ1) is 8.91. The average molecular weight is 280 g/mol. The average Bonchev–Trinajstić information content (AvgIpc) is 2.32. The van der Waals surface area contributed by atoms with Crippen molar-refractivity contribution in [2.45, 2.75) is 58.0 Å². The zero-order valence-corrected chi connectivity index (χ0v) is 13.8. The van der Waals surface area contributed by atoms with Crippen LogP contribution < -0.4 is 5.73 Å². The Bertz CT molecular complexity index is 380. The minimum atomic E-state index is 0.628. The van der Waals surface area contributed by atoms with Gasteiger partial charge in [0.1, 0.15) is 0 Å². The lowest BCUT2D eigenvalue weighted by Gasteiger charge is -2.30. The lowest BCUT2D eigenvalue weighted by Crippen LogP contribution is -2.37. The summed E-state index contributed by atoms with van der Waals surface area (Å²) in [5, 5.41) is 0. The highest BCUT2D eigenvalue weighted by atomic mass is 32.2. The van der Waals surface area contributed by atoms with Crippen molar-refractivity contribution in [2.75, 3.05) is 18.0 Å². The zero-order chi connectivity index (χ0) is 14.4. The largest absolute Gasteiger partial charge is 0.399 e. The van der Waals surface area contributed by atoms with Gasteiger partial charge in [-0.3, -0.25) is 4.90 Å². The fraction of sp³-hybridized carbons (Fsp3) is 0.625. The van der Waals surface area contributed by atoms with Crippen molar-refractivity contribution < 1.29 is 0 Å². The Labute approximate surface area is 122 Å². The zero-order valence-electron chi connectivity index (χ0n) is 12.9. The van der Waals surface area contributed by atoms with E-state index in [-0.39, 0.29) is 0 Å². The molecular formula is C16H28N2S. The minimum Gasteiger partial charge on any atom is -0.399 e. The van der Waals surface area contributed by atoms with Gasteiger partial charge in [-0.05, 0) is 77.1 Å². The second kappa shape index (κ2) is 7.81. The Kier molecular flexibility index (Phi) is 6.73. The summed E-state index contributed by atoms with van der Waals surface area (Å²) in [4.78, 5) is 3.88. The third-order valence-corrected chi connectivity index (χ3v) is 4.48. The number of rotatable bonds is 7. The normalized spacial score (nSPS) is 11.8. The molecule has 2 nitrogen and oxygen atoms in total. The number of hydrogen-bond donors (Lipinski definition) is 1. The summed E-state index contributed by atoms with van der Waals surface area (Å²) in [5.41, 5.74) is 7.90. The van der Waals surface area contributed by atoms with Gasteiger partial charge in [0.25, 0.3) is 0 Å². The molecule has 2 N–H and O–H groups in total. The Hall–Kier alpha value is -0.670. The maximum Gasteiger partial charge on any atom is 0.0344 e. The number of thioether (sulfide) groups is 1. The summed E-state index contributed by atoms with van der Waals surface area (Å²) in [7, 11) is 0. The molecule has 0 spiro atoms. The standard InChI is InChI=1S/C16H28N2S/c1-12(2)18(13(3)4)9-6-10-19-15-7-8-16(17)14(5)11-15/h7-8,11-13H,6,9-10,17H2,1-5H3. The van der Waals surface area contributed by atoms with Crippen LogP contribution in [0.3, 0.4) is 0 Å². The van der Waals surface area contributed by atoms with E-state index < -0.39 is 0 Å². The highest BCUT2D eigenvalue weighted by molar-refractivity contribution is 7.99. The topological polar surface area (TPSA) is 29.3 Å². The molecule has 0 radical (unpaired) electrons. The molecule has 0 aliphatic heterocycles. The SMILES string of the molecule is Cc1cc(SCCCN(C(C)C)C(C)C)ccc1N. The highest BCUT2D eigenvalue weighted by Gasteiger charge is 2.12. The molecule has 1 aromatic carbocycles. The second-order valence-electron chi connectivity index (χ2n) is 5.65. The van der Waals surface area contributed by atoms with Gasteiger partial charge in [-0.15, -0.1) is 11.8 Å². The van der Waals surface area contributed by atoms with Gasteiger partial charge in [0, 0.05) is 22.7 Å². The van der Waals surface area contributed by atoms with Crippen LogP contribution in [-0.2, 0) is 0 Å². The summed E-state index contributed by atoms with van der Waals surface area (Å²) < 4.78 is 0. The van der Waals surface area contributed by atoms with Crippen molar-refractivity contribution in [1.29, 1.82) is 0 Å². The molecule has 1 rings (SSSR count). The van der Waals surface area contributed by atoms with E-state index in [1.54, 1.807) is 0 Å². The molecule has 0 unspecified atom stereocenters. The van der Waals surface area contributed by atoms with Crippen molar-refractivity contribution >= 4 is 17.4 Å². The lowest BCUT2D eigenvalue weighted by atomic mass is 10.2. The number of benzene rings is 1. The van der Waals surface area contributed by atoms with Crippen LogP contribution in [0.15, 0.2) is 23.1 Å². The van der Waals surface area contributed by atoms with Crippen LogP contribution in [0.2, 0.25) is 0 Å². The molecule has 0 aliphatic rings. The number of nitrogens with two attached hydrogens (primary N) is 1. The van der Waals surface area contributed by atoms with Crippen molar-refractivity contribution in [3.05, 3.63) is 23.8 Å². The molecule has 108 valence electrons. The second-order valence-corrected chi connectivity index (χ2v) is 6.81. The third-order valence-electron chi connectivity index (χ3n) is 3.40.